The Labute approximate surface area is 839 Å². The van der Waals surface area contributed by atoms with Crippen molar-refractivity contribution in [2.45, 2.75) is 134 Å². The third-order valence-corrected chi connectivity index (χ3v) is 25.6. The molecule has 0 unspecified atom stereocenters. The first-order valence-electron chi connectivity index (χ1n) is 47.3. The van der Waals surface area contributed by atoms with Gasteiger partial charge in [0.2, 0.25) is 47.6 Å². The van der Waals surface area contributed by atoms with Gasteiger partial charge in [0.05, 0.1) is 100 Å². The van der Waals surface area contributed by atoms with Gasteiger partial charge in [-0.2, -0.15) is 0 Å². The number of imidazole rings is 9. The van der Waals surface area contributed by atoms with Crippen LogP contribution in [-0.2, 0) is 28.4 Å². The minimum atomic E-state index is -4.79. The summed E-state index contributed by atoms with van der Waals surface area (Å²) in [5.74, 6) is 1.22. The summed E-state index contributed by atoms with van der Waals surface area (Å²) in [5, 5.41) is 25.3. The van der Waals surface area contributed by atoms with Crippen molar-refractivity contribution >= 4 is 182 Å². The molecule has 5 aliphatic heterocycles. The number of rotatable bonds is 23. The molecule has 5 aliphatic rings. The van der Waals surface area contributed by atoms with Crippen LogP contribution in [0, 0.1) is 0 Å². The number of halogens is 9. The van der Waals surface area contributed by atoms with Gasteiger partial charge in [0, 0.05) is 163 Å². The van der Waals surface area contributed by atoms with E-state index in [0.29, 0.717) is 177 Å². The second-order valence-corrected chi connectivity index (χ2v) is 35.6. The Kier molecular flexibility index (Phi) is 30.6. The first-order valence-corrected chi connectivity index (χ1v) is 47.7. The number of nitrogens with one attached hydrogen (secondary N) is 8. The monoisotopic (exact) mass is 2070 g/mol. The van der Waals surface area contributed by atoms with Crippen molar-refractivity contribution in [2.24, 2.45) is 0 Å². The molecule has 774 valence electrons. The van der Waals surface area contributed by atoms with Gasteiger partial charge in [-0.25, -0.2) is 49.7 Å². The number of alkyl halides is 9. The molecule has 148 heavy (non-hydrogen) atoms. The summed E-state index contributed by atoms with van der Waals surface area (Å²) in [6.07, 6.45) is -0.896. The second-order valence-electron chi connectivity index (χ2n) is 35.2. The Bertz CT molecular complexity index is 7530. The number of nitrogen functional groups attached to an aromatic ring is 1. The number of hydrogen-bond acceptors (Lipinski definition) is 28. The number of amides is 1. The molecule has 5 saturated heterocycles. The third kappa shape index (κ3) is 24.3. The molecule has 49 heteroatoms. The summed E-state index contributed by atoms with van der Waals surface area (Å²) in [5.41, 5.74) is 18.7. The van der Waals surface area contributed by atoms with Gasteiger partial charge >= 0.3 is 25.1 Å². The number of ether oxygens (including phenoxy) is 9. The number of hydrogen-bond donors (Lipinski definition) is 10. The van der Waals surface area contributed by atoms with Gasteiger partial charge in [-0.1, -0.05) is 0 Å². The van der Waals surface area contributed by atoms with Crippen molar-refractivity contribution in [2.75, 3.05) is 113 Å². The fourth-order valence-corrected chi connectivity index (χ4v) is 18.5. The Morgan fingerprint density at radius 3 is 1.03 bits per heavy atom. The van der Waals surface area contributed by atoms with E-state index in [4.69, 9.17) is 56.3 Å². The number of methoxy groups -OCH3 is 1. The van der Waals surface area contributed by atoms with Gasteiger partial charge in [0.15, 0.2) is 22.5 Å². The topological polar surface area (TPSA) is 468 Å². The molecule has 0 aliphatic carbocycles. The predicted molar refractivity (Wildman–Crippen MR) is 532 cm³/mol. The average molecular weight is 2070 g/mol. The predicted octanol–water partition coefficient (Wildman–Crippen LogP) is 19.2. The fourth-order valence-electron chi connectivity index (χ4n) is 18.3. The highest BCUT2D eigenvalue weighted by Crippen LogP contribution is 2.41. The van der Waals surface area contributed by atoms with Crippen molar-refractivity contribution in [3.63, 3.8) is 0 Å². The summed E-state index contributed by atoms with van der Waals surface area (Å²) in [4.78, 5) is 108. The van der Waals surface area contributed by atoms with Crippen molar-refractivity contribution in [1.29, 1.82) is 0 Å². The molecular weight excluding hydrogens is 1970 g/mol. The molecule has 0 atom stereocenters. The van der Waals surface area contributed by atoms with Crippen LogP contribution >= 0.6 is 12.2 Å². The van der Waals surface area contributed by atoms with Crippen LogP contribution in [0.1, 0.15) is 167 Å². The summed E-state index contributed by atoms with van der Waals surface area (Å²) >= 11 is 5.47. The molecule has 8 aromatic carbocycles. The zero-order valence-corrected chi connectivity index (χ0v) is 80.6. The number of carbonyl (C=O) groups is 5. The number of thiocarbonyl (C=S) groups is 1. The first-order chi connectivity index (χ1) is 71.1. The number of anilines is 8. The Balaban J connectivity index is 0.000000123. The smallest absolute Gasteiger partial charge is 0.478 e. The quantitative estimate of drug-likeness (QED) is 0.0123. The lowest BCUT2D eigenvalue weighted by Crippen LogP contribution is -2.26. The van der Waals surface area contributed by atoms with Crippen molar-refractivity contribution in [1.82, 2.24) is 92.5 Å². The minimum Gasteiger partial charge on any atom is -0.478 e. The highest BCUT2D eigenvalue weighted by atomic mass is 32.1. The molecular formula is C99H99F9N24O15S. The average Bonchev–Trinajstić information content (AvgIpc) is 1.62. The number of H-pyrrole nitrogens is 3. The molecule has 11 N–H and O–H groups in total. The fraction of sp³-hybridized carbons (Fsp3) is 0.343. The van der Waals surface area contributed by atoms with Crippen LogP contribution in [0.5, 0.6) is 17.2 Å². The number of nitrogens with two attached hydrogens (primary N) is 1. The van der Waals surface area contributed by atoms with E-state index in [-0.39, 0.29) is 76.2 Å². The van der Waals surface area contributed by atoms with E-state index in [1.54, 1.807) is 74.6 Å². The number of benzene rings is 8. The highest BCUT2D eigenvalue weighted by Gasteiger charge is 2.36. The van der Waals surface area contributed by atoms with E-state index < -0.39 is 25.1 Å². The summed E-state index contributed by atoms with van der Waals surface area (Å²) in [7, 11) is 1.56. The molecule has 0 bridgehead atoms. The number of aromatic amines is 3. The zero-order chi connectivity index (χ0) is 104. The zero-order valence-electron chi connectivity index (χ0n) is 79.8. The van der Waals surface area contributed by atoms with Gasteiger partial charge in [-0.15, -0.1) is 39.5 Å². The number of aromatic nitrogens is 18. The SMILES string of the molecule is CC(=O)c1ccc2c(c1)nc(N)n2C1CCOCC1.CC(=O)c1ccc2c(c1)nc(NC(=S)n1ccnc1)n2C1CCOCC1.CC(=O)c1ccc2c(c1)nc(Nc1nc3ccc(OC(F)(F)F)cc3[nH]1)n2C1CCOCC1.COCCNC(=O)c1ccc2c(c1)nc(Nc1nc3ccc(OC(F)(F)F)cc3[nH]1)n2C1CCOCC1.O=C(O)c1ccc2c(c1)nc(Nc1nc3ccc(OC(F)(F)F)cc3[nH]1)n2C1CCOCC1. The van der Waals surface area contributed by atoms with Crippen LogP contribution in [0.2, 0.25) is 0 Å². The van der Waals surface area contributed by atoms with E-state index in [9.17, 15) is 68.6 Å². The Morgan fingerprint density at radius 1 is 0.405 bits per heavy atom. The molecule has 0 spiro atoms. The number of aromatic carboxylic acids is 1. The van der Waals surface area contributed by atoms with Crippen molar-refractivity contribution in [3.05, 3.63) is 192 Å². The van der Waals surface area contributed by atoms with Gasteiger partial charge in [0.1, 0.15) is 23.6 Å². The number of Topliss-reactive ketones (excluding diaryl/α,β-unsaturated/α-hetero) is 3. The van der Waals surface area contributed by atoms with Gasteiger partial charge in [-0.3, -0.25) is 39.7 Å². The molecule has 22 rings (SSSR count). The maximum atomic E-state index is 12.6. The van der Waals surface area contributed by atoms with E-state index >= 15 is 0 Å². The Morgan fingerprint density at radius 2 is 0.709 bits per heavy atom. The van der Waals surface area contributed by atoms with Crippen molar-refractivity contribution < 1.29 is 111 Å². The maximum Gasteiger partial charge on any atom is 0.573 e. The molecule has 17 aromatic rings. The van der Waals surface area contributed by atoms with Gasteiger partial charge in [-0.05, 0) is 225 Å². The number of fused-ring (bicyclic) bond motifs is 8. The van der Waals surface area contributed by atoms with Crippen LogP contribution in [0.3, 0.4) is 0 Å². The lowest BCUT2D eigenvalue weighted by Gasteiger charge is -2.26. The van der Waals surface area contributed by atoms with E-state index in [1.165, 1.54) is 73.7 Å². The first kappa shape index (κ1) is 102. The number of nitrogens with zero attached hydrogens (tertiary/aromatic N) is 15. The summed E-state index contributed by atoms with van der Waals surface area (Å²) in [6, 6.07) is 39.1. The number of carboxylic acids is 1. The van der Waals surface area contributed by atoms with E-state index in [2.05, 4.69) is 109 Å². The van der Waals surface area contributed by atoms with Crippen LogP contribution in [-0.4, -0.2) is 232 Å². The third-order valence-electron chi connectivity index (χ3n) is 25.3. The minimum absolute atomic E-state index is 0.0240. The van der Waals surface area contributed by atoms with Gasteiger partial charge < -0.3 is 102 Å². The largest absolute Gasteiger partial charge is 0.573 e. The molecule has 5 fully saturated rings. The summed E-state index contributed by atoms with van der Waals surface area (Å²) in [6.45, 7) is 12.0. The van der Waals surface area contributed by atoms with Crippen LogP contribution in [0.4, 0.5) is 87.1 Å². The molecule has 39 nitrogen and oxygen atoms in total. The summed E-state index contributed by atoms with van der Waals surface area (Å²) < 4.78 is 169. The number of ketones is 3. The van der Waals surface area contributed by atoms with E-state index in [0.717, 1.165) is 129 Å². The lowest BCUT2D eigenvalue weighted by atomic mass is 10.1. The van der Waals surface area contributed by atoms with Crippen LogP contribution < -0.4 is 46.5 Å². The standard InChI is InChI=1S/C24H25F3N6O4.C22H20F3N5O3.C21H18F3N5O4.C18H19N5O2S.C14H17N3O2/c1-35-11-8-28-21(34)14-2-5-20-19(12-14)31-23(33(20)15-6-9-36-10-7-15)32-22-29-17-4-3-16(13-18(17)30-22)37-24(25,26)27;1-12(31)13-2-5-19-18(10-13)28-21(30(19)14-6-8-32-9-7-14)29-20-26-16-4-3-15(11-17(16)27-20)33-22(23,24)25;22-21(23,24)33-13-2-3-14-15(10-13)26-19(25-14)28-20-27-16-9-11(18(30)31)1-4-17(16)29(20)12-5-7-32-8-6-12;1-12(24)13-2-3-16-15(10-13)20-17(21-18(26)22-7-6-19-11-22)23(16)14-4-8-25-9-5-14;1-9(18)10-2-3-13-12(8-10)16-14(15)17(13)11-4-6-19-7-5-11/h2-5,12-13,15H,6-11H2,1H3,(H,28,34)(H2,29,30,31,32);2-5,10-11,14H,6-9H2,1H3,(H2,26,27,28,29);1-4,9-10,12H,5-8H2,(H,30,31)(H2,25,26,27,28);2-3,6-7,10-11,14H,4-5,8-9H2,1H3,(H,20,21,26);2-3,8,11H,4-7H2,1H3,(H2,15,16). The number of carboxylic acid groups (broad SMARTS) is 1. The second kappa shape index (κ2) is 44.3. The van der Waals surface area contributed by atoms with Gasteiger partial charge in [0.25, 0.3) is 5.91 Å². The molecule has 0 radical (unpaired) electrons. The van der Waals surface area contributed by atoms with Crippen molar-refractivity contribution in [3.8, 4) is 17.2 Å². The lowest BCUT2D eigenvalue weighted by molar-refractivity contribution is -0.275. The van der Waals surface area contributed by atoms with Crippen LogP contribution in [0.15, 0.2) is 164 Å². The normalized spacial score (nSPS) is 15.4. The van der Waals surface area contributed by atoms with E-state index in [1.807, 2.05) is 53.1 Å². The van der Waals surface area contributed by atoms with Crippen LogP contribution in [0.25, 0.3) is 88.3 Å². The highest BCUT2D eigenvalue weighted by molar-refractivity contribution is 7.80. The molecule has 14 heterocycles. The maximum absolute atomic E-state index is 12.6. The number of carbonyl (C=O) groups excluding carboxylic acids is 4. The molecule has 9 aromatic heterocycles. The Hall–Kier alpha value is -15.7. The molecule has 1 amide bonds. The molecule has 0 saturated carbocycles.